The van der Waals surface area contributed by atoms with Crippen LogP contribution in [0.15, 0.2) is 35.5 Å². The van der Waals surface area contributed by atoms with Gasteiger partial charge in [0.2, 0.25) is 0 Å². The number of hydrogen-bond donors (Lipinski definition) is 2. The van der Waals surface area contributed by atoms with E-state index in [1.807, 2.05) is 19.1 Å². The smallest absolute Gasteiger partial charge is 0.343 e. The van der Waals surface area contributed by atoms with E-state index in [9.17, 15) is 19.8 Å². The number of rotatable bonds is 9. The van der Waals surface area contributed by atoms with Crippen LogP contribution in [-0.4, -0.2) is 22.2 Å². The maximum Gasteiger partial charge on any atom is 0.343 e. The minimum Gasteiger partial charge on any atom is -0.477 e. The lowest BCUT2D eigenvalue weighted by atomic mass is 9.52. The molecule has 2 unspecified atom stereocenters. The Morgan fingerprint density at radius 1 is 1.00 bits per heavy atom. The lowest BCUT2D eigenvalue weighted by molar-refractivity contribution is -0.140. The fourth-order valence-corrected chi connectivity index (χ4v) is 4.25. The zero-order valence-electron chi connectivity index (χ0n) is 16.8. The van der Waals surface area contributed by atoms with E-state index in [4.69, 9.17) is 0 Å². The van der Waals surface area contributed by atoms with Crippen LogP contribution >= 0.6 is 0 Å². The minimum absolute atomic E-state index is 0.0907. The molecule has 0 saturated heterocycles. The zero-order chi connectivity index (χ0) is 20.0. The van der Waals surface area contributed by atoms with Gasteiger partial charge in [-0.3, -0.25) is 0 Å². The summed E-state index contributed by atoms with van der Waals surface area (Å²) in [5.74, 6) is -2.60. The monoisotopic (exact) mass is 362 g/mol. The number of carboxylic acid groups (broad SMARTS) is 2. The molecule has 2 N–H and O–H groups in total. The van der Waals surface area contributed by atoms with Crippen LogP contribution < -0.4 is 0 Å². The van der Waals surface area contributed by atoms with Gasteiger partial charge in [0.25, 0.3) is 0 Å². The van der Waals surface area contributed by atoms with Crippen molar-refractivity contribution in [3.8, 4) is 0 Å². The second kappa shape index (κ2) is 9.20. The number of allylic oxidation sites excluding steroid dienone is 5. The van der Waals surface area contributed by atoms with Crippen LogP contribution in [0.3, 0.4) is 0 Å². The van der Waals surface area contributed by atoms with Gasteiger partial charge >= 0.3 is 11.9 Å². The average molecular weight is 363 g/mol. The Bertz CT molecular complexity index is 588. The Morgan fingerprint density at radius 2 is 1.58 bits per heavy atom. The Balaban J connectivity index is 3.77. The molecule has 2 atom stereocenters. The first-order chi connectivity index (χ1) is 12.1. The first kappa shape index (κ1) is 22.2. The number of carbonyl (C=O) groups is 2. The number of hydrogen-bond acceptors (Lipinski definition) is 2. The molecule has 146 valence electrons. The maximum atomic E-state index is 11.9. The van der Waals surface area contributed by atoms with E-state index in [1.165, 1.54) is 0 Å². The summed E-state index contributed by atoms with van der Waals surface area (Å²) in [6, 6.07) is 0. The van der Waals surface area contributed by atoms with Gasteiger partial charge in [0.1, 0.15) is 5.57 Å². The van der Waals surface area contributed by atoms with Crippen molar-refractivity contribution in [3.05, 3.63) is 35.5 Å². The minimum atomic E-state index is -1.34. The highest BCUT2D eigenvalue weighted by Crippen LogP contribution is 2.56. The van der Waals surface area contributed by atoms with Gasteiger partial charge in [0.15, 0.2) is 0 Å². The third-order valence-corrected chi connectivity index (χ3v) is 5.52. The van der Waals surface area contributed by atoms with Gasteiger partial charge in [-0.2, -0.15) is 0 Å². The van der Waals surface area contributed by atoms with Crippen molar-refractivity contribution >= 4 is 11.9 Å². The van der Waals surface area contributed by atoms with E-state index >= 15 is 0 Å². The van der Waals surface area contributed by atoms with Crippen LogP contribution in [0.1, 0.15) is 73.1 Å². The molecule has 1 aliphatic carbocycles. The van der Waals surface area contributed by atoms with Crippen LogP contribution in [0.2, 0.25) is 0 Å². The van der Waals surface area contributed by atoms with Crippen molar-refractivity contribution in [3.63, 3.8) is 0 Å². The molecule has 1 rings (SSSR count). The van der Waals surface area contributed by atoms with E-state index in [0.717, 1.165) is 32.1 Å². The molecule has 0 aliphatic heterocycles. The first-order valence-corrected chi connectivity index (χ1v) is 9.69. The molecule has 0 aromatic carbocycles. The van der Waals surface area contributed by atoms with Gasteiger partial charge in [-0.15, -0.1) is 0 Å². The zero-order valence-corrected chi connectivity index (χ0v) is 16.8. The van der Waals surface area contributed by atoms with Gasteiger partial charge in [0.05, 0.1) is 0 Å². The highest BCUT2D eigenvalue weighted by Gasteiger charge is 2.50. The molecule has 1 aliphatic rings. The largest absolute Gasteiger partial charge is 0.477 e. The van der Waals surface area contributed by atoms with Gasteiger partial charge < -0.3 is 10.2 Å². The molecular formula is C22H34O4. The van der Waals surface area contributed by atoms with Gasteiger partial charge in [-0.25, -0.2) is 9.59 Å². The van der Waals surface area contributed by atoms with Crippen LogP contribution in [0.4, 0.5) is 0 Å². The topological polar surface area (TPSA) is 74.6 Å². The van der Waals surface area contributed by atoms with E-state index in [0.29, 0.717) is 12.0 Å². The fourth-order valence-electron chi connectivity index (χ4n) is 4.25. The quantitative estimate of drug-likeness (QED) is 0.318. The summed E-state index contributed by atoms with van der Waals surface area (Å²) < 4.78 is 0. The number of unbranched alkanes of at least 4 members (excludes halogenated alkanes) is 2. The molecule has 0 aromatic heterocycles. The average Bonchev–Trinajstić information content (AvgIpc) is 2.55. The number of aliphatic carboxylic acids is 2. The molecule has 0 fully saturated rings. The molecule has 0 saturated carbocycles. The third-order valence-electron chi connectivity index (χ3n) is 5.52. The fraction of sp³-hybridized carbons (Fsp3) is 0.636. The highest BCUT2D eigenvalue weighted by atomic mass is 16.4. The molecule has 0 amide bonds. The summed E-state index contributed by atoms with van der Waals surface area (Å²) in [6.07, 6.45) is 13.3. The van der Waals surface area contributed by atoms with E-state index in [1.54, 1.807) is 0 Å². The SMILES string of the molecule is CCCCC(=C(C(=O)O)C(=O)O)C1(C(C)(C)C)C=CC=CC1CCCC. The predicted octanol–water partition coefficient (Wildman–Crippen LogP) is 5.61. The number of carboxylic acids is 2. The summed E-state index contributed by atoms with van der Waals surface area (Å²) in [6.45, 7) is 10.4. The Labute approximate surface area is 157 Å². The Hall–Kier alpha value is -1.84. The molecule has 0 heterocycles. The van der Waals surface area contributed by atoms with Crippen molar-refractivity contribution in [1.82, 2.24) is 0 Å². The Morgan fingerprint density at radius 3 is 2.04 bits per heavy atom. The standard InChI is InChI=1S/C22H34O4/c1-6-8-12-16-13-10-11-15-22(16,21(3,4)5)17(14-9-7-2)18(19(23)24)20(25)26/h10-11,13,15-16H,6-9,12,14H2,1-5H3,(H,23,24)(H,25,26). The molecule has 4 nitrogen and oxygen atoms in total. The summed E-state index contributed by atoms with van der Waals surface area (Å²) >= 11 is 0. The summed E-state index contributed by atoms with van der Waals surface area (Å²) in [4.78, 5) is 23.8. The van der Waals surface area contributed by atoms with Crippen molar-refractivity contribution in [2.24, 2.45) is 16.7 Å². The molecule has 0 aromatic rings. The molecule has 0 bridgehead atoms. The second-order valence-corrected chi connectivity index (χ2v) is 8.18. The summed E-state index contributed by atoms with van der Waals surface area (Å²) in [7, 11) is 0. The van der Waals surface area contributed by atoms with E-state index in [2.05, 4.69) is 39.8 Å². The normalized spacial score (nSPS) is 22.3. The molecule has 26 heavy (non-hydrogen) atoms. The van der Waals surface area contributed by atoms with Crippen LogP contribution in [0.25, 0.3) is 0 Å². The van der Waals surface area contributed by atoms with Crippen LogP contribution in [-0.2, 0) is 9.59 Å². The lowest BCUT2D eigenvalue weighted by Gasteiger charge is -2.51. The first-order valence-electron chi connectivity index (χ1n) is 9.69. The van der Waals surface area contributed by atoms with E-state index < -0.39 is 22.9 Å². The van der Waals surface area contributed by atoms with Crippen molar-refractivity contribution in [1.29, 1.82) is 0 Å². The third kappa shape index (κ3) is 4.46. The van der Waals surface area contributed by atoms with Gasteiger partial charge in [0, 0.05) is 5.41 Å². The van der Waals surface area contributed by atoms with Gasteiger partial charge in [-0.05, 0) is 36.2 Å². The van der Waals surface area contributed by atoms with Crippen LogP contribution in [0.5, 0.6) is 0 Å². The van der Waals surface area contributed by atoms with Crippen molar-refractivity contribution in [2.75, 3.05) is 0 Å². The maximum absolute atomic E-state index is 11.9. The highest BCUT2D eigenvalue weighted by molar-refractivity contribution is 6.13. The molecule has 0 spiro atoms. The van der Waals surface area contributed by atoms with Crippen LogP contribution in [0, 0.1) is 16.7 Å². The van der Waals surface area contributed by atoms with Crippen molar-refractivity contribution in [2.45, 2.75) is 73.1 Å². The van der Waals surface area contributed by atoms with Crippen molar-refractivity contribution < 1.29 is 19.8 Å². The summed E-state index contributed by atoms with van der Waals surface area (Å²) in [5.41, 5.74) is -0.812. The Kier molecular flexibility index (Phi) is 7.86. The van der Waals surface area contributed by atoms with Gasteiger partial charge in [-0.1, -0.05) is 78.2 Å². The molecular weight excluding hydrogens is 328 g/mol. The summed E-state index contributed by atoms with van der Waals surface area (Å²) in [5, 5.41) is 19.4. The predicted molar refractivity (Wildman–Crippen MR) is 105 cm³/mol. The molecule has 4 heteroatoms. The molecule has 0 radical (unpaired) electrons. The second-order valence-electron chi connectivity index (χ2n) is 8.18. The lowest BCUT2D eigenvalue weighted by Crippen LogP contribution is -2.44. The van der Waals surface area contributed by atoms with E-state index in [-0.39, 0.29) is 11.3 Å².